The SMILES string of the molecule is CCc1ccsc1CNC(C)CC(=O)O. The standard InChI is InChI=1S/C11H17NO2S/c1-3-9-4-5-15-10(9)7-12-8(2)6-11(13)14/h4-5,8,12H,3,6-7H2,1-2H3,(H,13,14). The highest BCUT2D eigenvalue weighted by Crippen LogP contribution is 2.17. The Kier molecular flexibility index (Phi) is 4.78. The highest BCUT2D eigenvalue weighted by Gasteiger charge is 2.08. The first-order valence-electron chi connectivity index (χ1n) is 5.14. The van der Waals surface area contributed by atoms with Crippen molar-refractivity contribution >= 4 is 17.3 Å². The molecular weight excluding hydrogens is 210 g/mol. The molecule has 0 radical (unpaired) electrons. The van der Waals surface area contributed by atoms with E-state index >= 15 is 0 Å². The Balaban J connectivity index is 2.39. The molecule has 0 saturated heterocycles. The van der Waals surface area contributed by atoms with Crippen LogP contribution in [0.15, 0.2) is 11.4 Å². The molecule has 3 nitrogen and oxygen atoms in total. The molecule has 0 fully saturated rings. The fourth-order valence-electron chi connectivity index (χ4n) is 1.44. The predicted octanol–water partition coefficient (Wildman–Crippen LogP) is 2.26. The van der Waals surface area contributed by atoms with E-state index in [1.165, 1.54) is 10.4 Å². The molecule has 84 valence electrons. The summed E-state index contributed by atoms with van der Waals surface area (Å²) in [6.45, 7) is 4.80. The molecule has 0 saturated carbocycles. The number of carboxylic acid groups (broad SMARTS) is 1. The minimum atomic E-state index is -0.753. The average molecular weight is 227 g/mol. The van der Waals surface area contributed by atoms with Gasteiger partial charge in [-0.2, -0.15) is 0 Å². The van der Waals surface area contributed by atoms with Crippen LogP contribution in [0, 0.1) is 0 Å². The van der Waals surface area contributed by atoms with Gasteiger partial charge in [0.2, 0.25) is 0 Å². The number of rotatable bonds is 6. The van der Waals surface area contributed by atoms with Crippen LogP contribution >= 0.6 is 11.3 Å². The van der Waals surface area contributed by atoms with Crippen molar-refractivity contribution in [3.63, 3.8) is 0 Å². The summed E-state index contributed by atoms with van der Waals surface area (Å²) in [6.07, 6.45) is 1.21. The van der Waals surface area contributed by atoms with Gasteiger partial charge in [0, 0.05) is 17.5 Å². The van der Waals surface area contributed by atoms with Crippen molar-refractivity contribution < 1.29 is 9.90 Å². The van der Waals surface area contributed by atoms with E-state index in [4.69, 9.17) is 5.11 Å². The van der Waals surface area contributed by atoms with Gasteiger partial charge in [-0.25, -0.2) is 0 Å². The summed E-state index contributed by atoms with van der Waals surface area (Å²) < 4.78 is 0. The van der Waals surface area contributed by atoms with Crippen molar-refractivity contribution in [2.75, 3.05) is 0 Å². The molecule has 1 atom stereocenters. The maximum atomic E-state index is 10.5. The Labute approximate surface area is 94.1 Å². The number of carboxylic acids is 1. The third kappa shape index (κ3) is 4.01. The maximum Gasteiger partial charge on any atom is 0.304 e. The number of thiophene rings is 1. The minimum Gasteiger partial charge on any atom is -0.481 e. The zero-order valence-electron chi connectivity index (χ0n) is 9.12. The lowest BCUT2D eigenvalue weighted by Crippen LogP contribution is -2.27. The molecule has 15 heavy (non-hydrogen) atoms. The van der Waals surface area contributed by atoms with E-state index in [-0.39, 0.29) is 12.5 Å². The second kappa shape index (κ2) is 5.88. The summed E-state index contributed by atoms with van der Waals surface area (Å²) >= 11 is 1.73. The lowest BCUT2D eigenvalue weighted by Gasteiger charge is -2.11. The number of nitrogens with one attached hydrogen (secondary N) is 1. The van der Waals surface area contributed by atoms with Gasteiger partial charge >= 0.3 is 5.97 Å². The van der Waals surface area contributed by atoms with Crippen molar-refractivity contribution in [1.82, 2.24) is 5.32 Å². The number of aliphatic carboxylic acids is 1. The highest BCUT2D eigenvalue weighted by atomic mass is 32.1. The van der Waals surface area contributed by atoms with E-state index in [9.17, 15) is 4.79 Å². The first-order valence-corrected chi connectivity index (χ1v) is 6.01. The molecule has 1 unspecified atom stereocenters. The number of hydrogen-bond donors (Lipinski definition) is 2. The number of hydrogen-bond acceptors (Lipinski definition) is 3. The van der Waals surface area contributed by atoms with E-state index in [1.54, 1.807) is 11.3 Å². The van der Waals surface area contributed by atoms with Crippen LogP contribution in [-0.4, -0.2) is 17.1 Å². The summed E-state index contributed by atoms with van der Waals surface area (Å²) in [5, 5.41) is 13.9. The zero-order chi connectivity index (χ0) is 11.3. The summed E-state index contributed by atoms with van der Waals surface area (Å²) in [7, 11) is 0. The fraction of sp³-hybridized carbons (Fsp3) is 0.545. The van der Waals surface area contributed by atoms with Crippen LogP contribution in [0.3, 0.4) is 0 Å². The molecule has 0 spiro atoms. The van der Waals surface area contributed by atoms with E-state index in [0.29, 0.717) is 0 Å². The van der Waals surface area contributed by atoms with Gasteiger partial charge in [-0.15, -0.1) is 11.3 Å². The first-order chi connectivity index (χ1) is 7.13. The fourth-order valence-corrected chi connectivity index (χ4v) is 2.37. The monoisotopic (exact) mass is 227 g/mol. The third-order valence-corrected chi connectivity index (χ3v) is 3.27. The topological polar surface area (TPSA) is 49.3 Å². The van der Waals surface area contributed by atoms with Crippen molar-refractivity contribution in [2.45, 2.75) is 39.3 Å². The molecule has 0 amide bonds. The Morgan fingerprint density at radius 1 is 1.67 bits per heavy atom. The Morgan fingerprint density at radius 2 is 2.40 bits per heavy atom. The van der Waals surface area contributed by atoms with Gasteiger partial charge in [0.15, 0.2) is 0 Å². The van der Waals surface area contributed by atoms with Crippen LogP contribution in [0.5, 0.6) is 0 Å². The summed E-state index contributed by atoms with van der Waals surface area (Å²) in [5.74, 6) is -0.753. The summed E-state index contributed by atoms with van der Waals surface area (Å²) in [5.41, 5.74) is 1.36. The minimum absolute atomic E-state index is 0.0225. The van der Waals surface area contributed by atoms with Crippen molar-refractivity contribution in [3.8, 4) is 0 Å². The largest absolute Gasteiger partial charge is 0.481 e. The van der Waals surface area contributed by atoms with Crippen LogP contribution < -0.4 is 5.32 Å². The second-order valence-corrected chi connectivity index (χ2v) is 4.60. The van der Waals surface area contributed by atoms with Crippen LogP contribution in [0.1, 0.15) is 30.7 Å². The molecule has 1 heterocycles. The van der Waals surface area contributed by atoms with E-state index in [2.05, 4.69) is 23.7 Å². The molecule has 4 heteroatoms. The van der Waals surface area contributed by atoms with Gasteiger partial charge in [0.1, 0.15) is 0 Å². The number of aryl methyl sites for hydroxylation is 1. The molecule has 1 aromatic rings. The molecule has 1 aromatic heterocycles. The zero-order valence-corrected chi connectivity index (χ0v) is 9.93. The van der Waals surface area contributed by atoms with Crippen LogP contribution in [0.25, 0.3) is 0 Å². The van der Waals surface area contributed by atoms with Crippen molar-refractivity contribution in [1.29, 1.82) is 0 Å². The smallest absolute Gasteiger partial charge is 0.304 e. The molecule has 0 aliphatic rings. The Morgan fingerprint density at radius 3 is 3.00 bits per heavy atom. The Bertz CT molecular complexity index is 322. The quantitative estimate of drug-likeness (QED) is 0.783. The normalized spacial score (nSPS) is 12.7. The molecule has 0 aromatic carbocycles. The van der Waals surface area contributed by atoms with Crippen LogP contribution in [0.4, 0.5) is 0 Å². The number of carbonyl (C=O) groups is 1. The molecule has 1 rings (SSSR count). The average Bonchev–Trinajstić information content (AvgIpc) is 2.60. The second-order valence-electron chi connectivity index (χ2n) is 3.60. The van der Waals surface area contributed by atoms with Crippen molar-refractivity contribution in [3.05, 3.63) is 21.9 Å². The maximum absolute atomic E-state index is 10.5. The van der Waals surface area contributed by atoms with Gasteiger partial charge in [-0.05, 0) is 30.4 Å². The van der Waals surface area contributed by atoms with Gasteiger partial charge < -0.3 is 10.4 Å². The van der Waals surface area contributed by atoms with Crippen LogP contribution in [0.2, 0.25) is 0 Å². The lowest BCUT2D eigenvalue weighted by molar-refractivity contribution is -0.137. The van der Waals surface area contributed by atoms with E-state index in [0.717, 1.165) is 13.0 Å². The molecular formula is C11H17NO2S. The van der Waals surface area contributed by atoms with Crippen LogP contribution in [-0.2, 0) is 17.8 Å². The third-order valence-electron chi connectivity index (χ3n) is 2.31. The first kappa shape index (κ1) is 12.2. The van der Waals surface area contributed by atoms with E-state index < -0.39 is 5.97 Å². The lowest BCUT2D eigenvalue weighted by atomic mass is 10.2. The Hall–Kier alpha value is -0.870. The van der Waals surface area contributed by atoms with Gasteiger partial charge in [0.25, 0.3) is 0 Å². The summed E-state index contributed by atoms with van der Waals surface area (Å²) in [6, 6.07) is 2.15. The summed E-state index contributed by atoms with van der Waals surface area (Å²) in [4.78, 5) is 11.8. The molecule has 0 aliphatic heterocycles. The van der Waals surface area contributed by atoms with Gasteiger partial charge in [0.05, 0.1) is 6.42 Å². The van der Waals surface area contributed by atoms with Gasteiger partial charge in [-0.1, -0.05) is 6.92 Å². The van der Waals surface area contributed by atoms with Gasteiger partial charge in [-0.3, -0.25) is 4.79 Å². The predicted molar refractivity (Wildman–Crippen MR) is 62.3 cm³/mol. The molecule has 2 N–H and O–H groups in total. The molecule has 0 aliphatic carbocycles. The van der Waals surface area contributed by atoms with E-state index in [1.807, 2.05) is 6.92 Å². The molecule has 0 bridgehead atoms. The highest BCUT2D eigenvalue weighted by molar-refractivity contribution is 7.10. The van der Waals surface area contributed by atoms with Crippen molar-refractivity contribution in [2.24, 2.45) is 0 Å².